The number of nitrogens with one attached hydrogen (secondary N) is 1. The fourth-order valence-electron chi connectivity index (χ4n) is 4.16. The Morgan fingerprint density at radius 1 is 1.29 bits per heavy atom. The van der Waals surface area contributed by atoms with Crippen LogP contribution in [-0.2, 0) is 9.53 Å². The first kappa shape index (κ1) is 21.6. The average molecular weight is 440 g/mol. The number of aliphatic imine (C=N–C) groups is 2. The fourth-order valence-corrected chi connectivity index (χ4v) is 5.00. The van der Waals surface area contributed by atoms with Gasteiger partial charge in [-0.2, -0.15) is 4.99 Å². The van der Waals surface area contributed by atoms with Crippen LogP contribution in [0.1, 0.15) is 43.7 Å². The molecule has 4 rings (SSSR count). The third kappa shape index (κ3) is 4.41. The SMILES string of the molecule is C=N/C(=N\C1=C(C)C(C)CC(=O)N1C1CCOCC1)Nc1cc2sc(C)nc2cc1C. The van der Waals surface area contributed by atoms with Crippen molar-refractivity contribution >= 4 is 45.8 Å². The quantitative estimate of drug-likeness (QED) is 0.557. The number of benzene rings is 1. The van der Waals surface area contributed by atoms with Crippen molar-refractivity contribution in [2.75, 3.05) is 18.5 Å². The highest BCUT2D eigenvalue weighted by Gasteiger charge is 2.35. The number of hydrogen-bond acceptors (Lipinski definition) is 5. The van der Waals surface area contributed by atoms with Gasteiger partial charge in [-0.05, 0) is 69.5 Å². The molecule has 0 aliphatic carbocycles. The molecule has 1 aromatic heterocycles. The van der Waals surface area contributed by atoms with Crippen LogP contribution in [0.3, 0.4) is 0 Å². The second kappa shape index (κ2) is 8.88. The number of carbonyl (C=O) groups excluding carboxylic acids is 1. The normalized spacial score (nSPS) is 21.2. The van der Waals surface area contributed by atoms with Gasteiger partial charge in [-0.25, -0.2) is 9.98 Å². The molecule has 3 heterocycles. The molecule has 1 atom stereocenters. The highest BCUT2D eigenvalue weighted by atomic mass is 32.1. The Kier molecular flexibility index (Phi) is 6.20. The molecule has 0 bridgehead atoms. The van der Waals surface area contributed by atoms with E-state index in [0.717, 1.165) is 44.9 Å². The largest absolute Gasteiger partial charge is 0.381 e. The van der Waals surface area contributed by atoms with Gasteiger partial charge in [0, 0.05) is 31.4 Å². The van der Waals surface area contributed by atoms with Gasteiger partial charge < -0.3 is 10.1 Å². The van der Waals surface area contributed by atoms with E-state index in [-0.39, 0.29) is 17.9 Å². The number of guanidine groups is 1. The first-order valence-corrected chi connectivity index (χ1v) is 11.5. The molecule has 2 aromatic rings. The molecule has 1 fully saturated rings. The molecule has 1 aromatic carbocycles. The molecule has 8 heteroatoms. The van der Waals surface area contributed by atoms with E-state index < -0.39 is 0 Å². The van der Waals surface area contributed by atoms with Crippen LogP contribution in [0.4, 0.5) is 5.69 Å². The lowest BCUT2D eigenvalue weighted by Crippen LogP contribution is -2.46. The molecular weight excluding hydrogens is 410 g/mol. The number of ether oxygens (including phenoxy) is 1. The molecule has 31 heavy (non-hydrogen) atoms. The lowest BCUT2D eigenvalue weighted by Gasteiger charge is -2.39. The molecule has 0 radical (unpaired) electrons. The molecule has 1 unspecified atom stereocenters. The Balaban J connectivity index is 1.70. The predicted octanol–water partition coefficient (Wildman–Crippen LogP) is 4.66. The molecule has 2 aliphatic heterocycles. The van der Waals surface area contributed by atoms with Gasteiger partial charge in [0.05, 0.1) is 15.2 Å². The Labute approximate surface area is 186 Å². The van der Waals surface area contributed by atoms with E-state index in [4.69, 9.17) is 9.73 Å². The van der Waals surface area contributed by atoms with E-state index in [9.17, 15) is 4.79 Å². The van der Waals surface area contributed by atoms with Gasteiger partial charge in [0.25, 0.3) is 0 Å². The summed E-state index contributed by atoms with van der Waals surface area (Å²) in [7, 11) is 0. The number of amides is 1. The summed E-state index contributed by atoms with van der Waals surface area (Å²) in [5.41, 5.74) is 4.05. The van der Waals surface area contributed by atoms with Gasteiger partial charge in [-0.1, -0.05) is 6.92 Å². The van der Waals surface area contributed by atoms with Crippen LogP contribution in [0.2, 0.25) is 0 Å². The van der Waals surface area contributed by atoms with Crippen molar-refractivity contribution in [3.05, 3.63) is 34.1 Å². The monoisotopic (exact) mass is 439 g/mol. The zero-order valence-corrected chi connectivity index (χ0v) is 19.4. The van der Waals surface area contributed by atoms with E-state index in [1.165, 1.54) is 0 Å². The van der Waals surface area contributed by atoms with Gasteiger partial charge in [0.1, 0.15) is 5.82 Å². The first-order valence-electron chi connectivity index (χ1n) is 10.7. The maximum atomic E-state index is 13.0. The number of carbonyl (C=O) groups is 1. The van der Waals surface area contributed by atoms with Crippen LogP contribution >= 0.6 is 11.3 Å². The Morgan fingerprint density at radius 2 is 2.03 bits per heavy atom. The number of allylic oxidation sites excluding steroid dienone is 1. The summed E-state index contributed by atoms with van der Waals surface area (Å²) in [6.45, 7) is 13.2. The molecule has 1 saturated heterocycles. The Hall–Kier alpha value is -2.58. The predicted molar refractivity (Wildman–Crippen MR) is 127 cm³/mol. The number of hydrogen-bond donors (Lipinski definition) is 1. The topological polar surface area (TPSA) is 79.2 Å². The lowest BCUT2D eigenvalue weighted by molar-refractivity contribution is -0.134. The molecule has 7 nitrogen and oxygen atoms in total. The van der Waals surface area contributed by atoms with Crippen LogP contribution in [0, 0.1) is 19.8 Å². The highest BCUT2D eigenvalue weighted by Crippen LogP contribution is 2.33. The van der Waals surface area contributed by atoms with Crippen molar-refractivity contribution in [2.45, 2.75) is 53.0 Å². The van der Waals surface area contributed by atoms with Crippen molar-refractivity contribution in [2.24, 2.45) is 15.9 Å². The zero-order chi connectivity index (χ0) is 22.1. The van der Waals surface area contributed by atoms with Crippen LogP contribution in [0.25, 0.3) is 10.2 Å². The number of nitrogens with zero attached hydrogens (tertiary/aromatic N) is 4. The van der Waals surface area contributed by atoms with Gasteiger partial charge in [0.15, 0.2) is 0 Å². The second-order valence-electron chi connectivity index (χ2n) is 8.31. The average Bonchev–Trinajstić information content (AvgIpc) is 3.10. The van der Waals surface area contributed by atoms with Crippen LogP contribution < -0.4 is 5.32 Å². The van der Waals surface area contributed by atoms with Crippen molar-refractivity contribution in [1.82, 2.24) is 9.88 Å². The highest BCUT2D eigenvalue weighted by molar-refractivity contribution is 7.18. The maximum Gasteiger partial charge on any atom is 0.229 e. The zero-order valence-electron chi connectivity index (χ0n) is 18.6. The van der Waals surface area contributed by atoms with Crippen molar-refractivity contribution in [1.29, 1.82) is 0 Å². The Bertz CT molecular complexity index is 1080. The van der Waals surface area contributed by atoms with Crippen molar-refractivity contribution in [3.8, 4) is 0 Å². The molecule has 164 valence electrons. The first-order chi connectivity index (χ1) is 14.9. The van der Waals surface area contributed by atoms with E-state index in [2.05, 4.69) is 48.0 Å². The summed E-state index contributed by atoms with van der Waals surface area (Å²) >= 11 is 1.65. The molecule has 1 amide bonds. The fraction of sp³-hybridized carbons (Fsp3) is 0.478. The summed E-state index contributed by atoms with van der Waals surface area (Å²) in [6.07, 6.45) is 2.14. The third-order valence-corrected chi connectivity index (χ3v) is 7.01. The van der Waals surface area contributed by atoms with E-state index in [0.29, 0.717) is 31.4 Å². The standard InChI is InChI=1S/C23H29N5O2S/c1-13-11-21(29)28(17-6-8-30-9-7-17)22(15(13)3)27-23(24-5)26-18-12-20-19(10-14(18)2)25-16(4)31-20/h10,12-13,17H,5-9,11H2,1-4H3,(H,26,27). The van der Waals surface area contributed by atoms with Crippen LogP contribution in [0.15, 0.2) is 33.5 Å². The third-order valence-electron chi connectivity index (χ3n) is 6.08. The number of aromatic nitrogens is 1. The van der Waals surface area contributed by atoms with Crippen molar-refractivity contribution in [3.63, 3.8) is 0 Å². The number of aryl methyl sites for hydroxylation is 2. The molecular formula is C23H29N5O2S. The summed E-state index contributed by atoms with van der Waals surface area (Å²) < 4.78 is 6.61. The Morgan fingerprint density at radius 3 is 2.74 bits per heavy atom. The second-order valence-corrected chi connectivity index (χ2v) is 9.54. The number of anilines is 1. The molecule has 1 N–H and O–H groups in total. The van der Waals surface area contributed by atoms with Gasteiger partial charge >= 0.3 is 0 Å². The van der Waals surface area contributed by atoms with E-state index in [1.807, 2.05) is 18.7 Å². The van der Waals surface area contributed by atoms with Crippen LogP contribution in [0.5, 0.6) is 0 Å². The minimum absolute atomic E-state index is 0.103. The number of rotatable bonds is 3. The van der Waals surface area contributed by atoms with Crippen molar-refractivity contribution < 1.29 is 9.53 Å². The smallest absolute Gasteiger partial charge is 0.229 e. The summed E-state index contributed by atoms with van der Waals surface area (Å²) in [4.78, 5) is 28.4. The van der Waals surface area contributed by atoms with Gasteiger partial charge in [-0.3, -0.25) is 9.69 Å². The summed E-state index contributed by atoms with van der Waals surface area (Å²) in [5.74, 6) is 1.34. The molecule has 0 saturated carbocycles. The van der Waals surface area contributed by atoms with Crippen LogP contribution in [-0.4, -0.2) is 47.7 Å². The van der Waals surface area contributed by atoms with E-state index in [1.54, 1.807) is 11.3 Å². The maximum absolute atomic E-state index is 13.0. The van der Waals surface area contributed by atoms with Gasteiger partial charge in [0.2, 0.25) is 11.9 Å². The van der Waals surface area contributed by atoms with E-state index >= 15 is 0 Å². The lowest BCUT2D eigenvalue weighted by atomic mass is 9.92. The molecule has 2 aliphatic rings. The molecule has 0 spiro atoms. The van der Waals surface area contributed by atoms with Gasteiger partial charge in [-0.15, -0.1) is 11.3 Å². The number of fused-ring (bicyclic) bond motifs is 1. The summed E-state index contributed by atoms with van der Waals surface area (Å²) in [5, 5.41) is 4.35. The number of thiazole rings is 1. The minimum Gasteiger partial charge on any atom is -0.381 e. The summed E-state index contributed by atoms with van der Waals surface area (Å²) in [6, 6.07) is 4.24. The minimum atomic E-state index is 0.103.